The Morgan fingerprint density at radius 3 is 2.60 bits per heavy atom. The van der Waals surface area contributed by atoms with Gasteiger partial charge in [0.15, 0.2) is 0 Å². The molecule has 1 amide bonds. The number of rotatable bonds is 2. The maximum absolute atomic E-state index is 12.4. The van der Waals surface area contributed by atoms with Crippen LogP contribution in [0.1, 0.15) is 50.0 Å². The van der Waals surface area contributed by atoms with E-state index in [1.165, 1.54) is 11.3 Å². The lowest BCUT2D eigenvalue weighted by atomic mass is 10.0. The van der Waals surface area contributed by atoms with Crippen molar-refractivity contribution in [1.29, 1.82) is 0 Å². The molecule has 1 fully saturated rings. The summed E-state index contributed by atoms with van der Waals surface area (Å²) in [6.45, 7) is 9.90. The van der Waals surface area contributed by atoms with Crippen LogP contribution in [0.4, 0.5) is 5.69 Å². The van der Waals surface area contributed by atoms with E-state index in [1.54, 1.807) is 0 Å². The minimum absolute atomic E-state index is 0.0574. The second-order valence-corrected chi connectivity index (χ2v) is 7.25. The van der Waals surface area contributed by atoms with Gasteiger partial charge in [-0.3, -0.25) is 4.79 Å². The second kappa shape index (κ2) is 4.24. The van der Waals surface area contributed by atoms with E-state index in [0.717, 1.165) is 24.9 Å². The molecule has 0 unspecified atom stereocenters. The monoisotopic (exact) mass is 272 g/mol. The van der Waals surface area contributed by atoms with E-state index in [9.17, 15) is 4.79 Å². The predicted octanol–water partition coefficient (Wildman–Crippen LogP) is 3.21. The van der Waals surface area contributed by atoms with E-state index in [1.807, 2.05) is 18.2 Å². The Bertz CT molecular complexity index is 546. The highest BCUT2D eigenvalue weighted by atomic mass is 16.1. The number of benzene rings is 1. The van der Waals surface area contributed by atoms with Crippen LogP contribution in [0.2, 0.25) is 0 Å². The molecule has 3 rings (SSSR count). The van der Waals surface area contributed by atoms with Crippen LogP contribution >= 0.6 is 0 Å². The molecule has 0 atom stereocenters. The number of amides is 1. The van der Waals surface area contributed by atoms with Crippen molar-refractivity contribution in [1.82, 2.24) is 5.32 Å². The molecule has 0 radical (unpaired) electrons. The van der Waals surface area contributed by atoms with Gasteiger partial charge in [0, 0.05) is 23.8 Å². The minimum Gasteiger partial charge on any atom is -0.385 e. The largest absolute Gasteiger partial charge is 0.385 e. The Morgan fingerprint density at radius 2 is 1.95 bits per heavy atom. The first kappa shape index (κ1) is 13.5. The van der Waals surface area contributed by atoms with Gasteiger partial charge in [0.2, 0.25) is 0 Å². The molecular formula is C17H24N2O. The summed E-state index contributed by atoms with van der Waals surface area (Å²) in [6.07, 6.45) is 2.20. The van der Waals surface area contributed by atoms with Crippen LogP contribution in [0.25, 0.3) is 0 Å². The topological polar surface area (TPSA) is 41.1 Å². The first-order valence-corrected chi connectivity index (χ1v) is 7.52. The molecule has 2 aliphatic rings. The molecule has 0 bridgehead atoms. The molecular weight excluding hydrogens is 248 g/mol. The molecule has 20 heavy (non-hydrogen) atoms. The maximum Gasteiger partial charge on any atom is 0.251 e. The van der Waals surface area contributed by atoms with Crippen molar-refractivity contribution in [3.8, 4) is 0 Å². The first-order valence-electron chi connectivity index (χ1n) is 7.52. The van der Waals surface area contributed by atoms with Crippen LogP contribution in [0.5, 0.6) is 0 Å². The van der Waals surface area contributed by atoms with Crippen LogP contribution in [-0.4, -0.2) is 18.5 Å². The SMILES string of the molecule is CC1(C)C(NC(=O)c2ccc3c(c2)CCCN3)C1(C)C. The highest BCUT2D eigenvalue weighted by Crippen LogP contribution is 2.62. The maximum atomic E-state index is 12.4. The Balaban J connectivity index is 1.76. The highest BCUT2D eigenvalue weighted by molar-refractivity contribution is 5.95. The lowest BCUT2D eigenvalue weighted by molar-refractivity contribution is 0.0943. The van der Waals surface area contributed by atoms with Crippen molar-refractivity contribution < 1.29 is 4.79 Å². The molecule has 1 aromatic carbocycles. The second-order valence-electron chi connectivity index (χ2n) is 7.25. The highest BCUT2D eigenvalue weighted by Gasteiger charge is 2.65. The zero-order chi connectivity index (χ0) is 14.5. The summed E-state index contributed by atoms with van der Waals surface area (Å²) >= 11 is 0. The number of aryl methyl sites for hydroxylation is 1. The van der Waals surface area contributed by atoms with Gasteiger partial charge in [-0.1, -0.05) is 27.7 Å². The van der Waals surface area contributed by atoms with Crippen molar-refractivity contribution in [2.75, 3.05) is 11.9 Å². The van der Waals surface area contributed by atoms with Gasteiger partial charge < -0.3 is 10.6 Å². The molecule has 1 aliphatic carbocycles. The Morgan fingerprint density at radius 1 is 1.25 bits per heavy atom. The van der Waals surface area contributed by atoms with Crippen LogP contribution in [0, 0.1) is 10.8 Å². The molecule has 1 saturated carbocycles. The van der Waals surface area contributed by atoms with Crippen LogP contribution < -0.4 is 10.6 Å². The van der Waals surface area contributed by atoms with Gasteiger partial charge in [0.25, 0.3) is 5.91 Å². The minimum atomic E-state index is 0.0574. The quantitative estimate of drug-likeness (QED) is 0.868. The summed E-state index contributed by atoms with van der Waals surface area (Å²) < 4.78 is 0. The number of nitrogens with one attached hydrogen (secondary N) is 2. The van der Waals surface area contributed by atoms with Gasteiger partial charge in [0.05, 0.1) is 0 Å². The fourth-order valence-electron chi connectivity index (χ4n) is 3.39. The summed E-state index contributed by atoms with van der Waals surface area (Å²) in [5, 5.41) is 6.57. The normalized spacial score (nSPS) is 22.6. The summed E-state index contributed by atoms with van der Waals surface area (Å²) in [4.78, 5) is 12.4. The summed E-state index contributed by atoms with van der Waals surface area (Å²) in [7, 11) is 0. The zero-order valence-corrected chi connectivity index (χ0v) is 12.8. The average molecular weight is 272 g/mol. The first-order chi connectivity index (χ1) is 9.34. The summed E-state index contributed by atoms with van der Waals surface area (Å²) in [5.74, 6) is 0.0574. The molecule has 1 aromatic rings. The molecule has 108 valence electrons. The third kappa shape index (κ3) is 1.91. The number of carbonyl (C=O) groups excluding carboxylic acids is 1. The fourth-order valence-corrected chi connectivity index (χ4v) is 3.39. The number of hydrogen-bond donors (Lipinski definition) is 2. The third-order valence-corrected chi connectivity index (χ3v) is 5.60. The smallest absolute Gasteiger partial charge is 0.251 e. The van der Waals surface area contributed by atoms with E-state index in [-0.39, 0.29) is 22.8 Å². The lowest BCUT2D eigenvalue weighted by Crippen LogP contribution is -2.30. The fraction of sp³-hybridized carbons (Fsp3) is 0.588. The number of hydrogen-bond acceptors (Lipinski definition) is 2. The van der Waals surface area contributed by atoms with Crippen LogP contribution in [0.3, 0.4) is 0 Å². The van der Waals surface area contributed by atoms with Gasteiger partial charge in [-0.05, 0) is 47.4 Å². The molecule has 3 heteroatoms. The van der Waals surface area contributed by atoms with Crippen molar-refractivity contribution in [3.05, 3.63) is 29.3 Å². The van der Waals surface area contributed by atoms with E-state index in [2.05, 4.69) is 38.3 Å². The number of fused-ring (bicyclic) bond motifs is 1. The van der Waals surface area contributed by atoms with Gasteiger partial charge in [0.1, 0.15) is 0 Å². The Hall–Kier alpha value is -1.51. The van der Waals surface area contributed by atoms with Gasteiger partial charge in [-0.2, -0.15) is 0 Å². The molecule has 0 saturated heterocycles. The van der Waals surface area contributed by atoms with Crippen molar-refractivity contribution in [3.63, 3.8) is 0 Å². The van der Waals surface area contributed by atoms with E-state index in [0.29, 0.717) is 0 Å². The molecule has 3 nitrogen and oxygen atoms in total. The van der Waals surface area contributed by atoms with Crippen LogP contribution in [0.15, 0.2) is 18.2 Å². The molecule has 0 aromatic heterocycles. The van der Waals surface area contributed by atoms with Gasteiger partial charge >= 0.3 is 0 Å². The van der Waals surface area contributed by atoms with Gasteiger partial charge in [-0.15, -0.1) is 0 Å². The van der Waals surface area contributed by atoms with Gasteiger partial charge in [-0.25, -0.2) is 0 Å². The molecule has 0 spiro atoms. The van der Waals surface area contributed by atoms with Crippen LogP contribution in [-0.2, 0) is 6.42 Å². The predicted molar refractivity (Wildman–Crippen MR) is 82.1 cm³/mol. The summed E-state index contributed by atoms with van der Waals surface area (Å²) in [5.41, 5.74) is 3.58. The summed E-state index contributed by atoms with van der Waals surface area (Å²) in [6, 6.07) is 6.26. The Kier molecular flexibility index (Phi) is 2.86. The third-order valence-electron chi connectivity index (χ3n) is 5.60. The average Bonchev–Trinajstić information content (AvgIpc) is 2.80. The number of anilines is 1. The lowest BCUT2D eigenvalue weighted by Gasteiger charge is -2.18. The Labute approximate surface area is 121 Å². The molecule has 1 heterocycles. The zero-order valence-electron chi connectivity index (χ0n) is 12.8. The van der Waals surface area contributed by atoms with Crippen molar-refractivity contribution in [2.45, 2.75) is 46.6 Å². The standard InChI is InChI=1S/C17H24N2O/c1-16(2)15(17(16,3)4)19-14(20)12-7-8-13-11(10-12)6-5-9-18-13/h7-8,10,15,18H,5-6,9H2,1-4H3,(H,19,20). The van der Waals surface area contributed by atoms with E-state index < -0.39 is 0 Å². The molecule has 2 N–H and O–H groups in total. The molecule has 1 aliphatic heterocycles. The number of carbonyl (C=O) groups is 1. The van der Waals surface area contributed by atoms with Crippen molar-refractivity contribution >= 4 is 11.6 Å². The van der Waals surface area contributed by atoms with E-state index >= 15 is 0 Å². The van der Waals surface area contributed by atoms with E-state index in [4.69, 9.17) is 0 Å². The van der Waals surface area contributed by atoms with Crippen molar-refractivity contribution in [2.24, 2.45) is 10.8 Å².